The van der Waals surface area contributed by atoms with Gasteiger partial charge in [-0.05, 0) is 32.6 Å². The molecule has 2 unspecified atom stereocenters. The van der Waals surface area contributed by atoms with E-state index in [0.717, 1.165) is 0 Å². The van der Waals surface area contributed by atoms with E-state index in [1.54, 1.807) is 0 Å². The number of nitrogens with zero attached hydrogens (tertiary/aromatic N) is 1. The highest BCUT2D eigenvalue weighted by atomic mass is 15.1. The van der Waals surface area contributed by atoms with Crippen LogP contribution in [0.4, 0.5) is 0 Å². The fourth-order valence-electron chi connectivity index (χ4n) is 6.96. The average molecular weight is 588 g/mol. The highest BCUT2D eigenvalue weighted by Crippen LogP contribution is 2.27. The van der Waals surface area contributed by atoms with Crippen molar-refractivity contribution in [2.45, 2.75) is 239 Å². The zero-order valence-corrected chi connectivity index (χ0v) is 29.7. The normalized spacial score (nSPS) is 13.1. The molecule has 0 aliphatic heterocycles. The molecule has 0 saturated heterocycles. The molecule has 0 spiro atoms. The van der Waals surface area contributed by atoms with Gasteiger partial charge in [-0.15, -0.1) is 0 Å². The molecule has 2 heteroatoms. The summed E-state index contributed by atoms with van der Waals surface area (Å²) in [5, 5.41) is 0. The van der Waals surface area contributed by atoms with Crippen LogP contribution in [0.1, 0.15) is 245 Å². The van der Waals surface area contributed by atoms with Gasteiger partial charge in [0.1, 0.15) is 12.4 Å². The van der Waals surface area contributed by atoms with Gasteiger partial charge < -0.3 is 0 Å². The third-order valence-corrected chi connectivity index (χ3v) is 9.89. The number of rotatable bonds is 33. The minimum atomic E-state index is 0.621. The van der Waals surface area contributed by atoms with Crippen LogP contribution in [0.2, 0.25) is 0 Å². The topological polar surface area (TPSA) is 19.7 Å². The van der Waals surface area contributed by atoms with Crippen LogP contribution in [0.25, 0.3) is 0 Å². The van der Waals surface area contributed by atoms with Crippen LogP contribution < -0.4 is 4.57 Å². The molecule has 42 heavy (non-hydrogen) atoms. The van der Waals surface area contributed by atoms with Crippen molar-refractivity contribution < 1.29 is 4.57 Å². The Morgan fingerprint density at radius 1 is 0.452 bits per heavy atom. The Balaban J connectivity index is 2.31. The molecule has 0 aromatic carbocycles. The quantitative estimate of drug-likeness (QED) is 0.0623. The van der Waals surface area contributed by atoms with E-state index >= 15 is 0 Å². The van der Waals surface area contributed by atoms with Crippen molar-refractivity contribution in [2.75, 3.05) is 0 Å². The molecule has 248 valence electrons. The van der Waals surface area contributed by atoms with Gasteiger partial charge in [0.05, 0.1) is 12.0 Å². The third-order valence-electron chi connectivity index (χ3n) is 9.89. The fourth-order valence-corrected chi connectivity index (χ4v) is 6.96. The van der Waals surface area contributed by atoms with Crippen molar-refractivity contribution in [2.24, 2.45) is 0 Å². The summed E-state index contributed by atoms with van der Waals surface area (Å²) in [6.07, 6.45) is 48.7. The highest BCUT2D eigenvalue weighted by Gasteiger charge is 2.25. The number of hydrogen-bond acceptors (Lipinski definition) is 0. The molecule has 0 radical (unpaired) electrons. The minimum Gasteiger partial charge on any atom is -0.247 e. The number of aromatic amines is 1. The van der Waals surface area contributed by atoms with E-state index in [0.29, 0.717) is 12.0 Å². The lowest BCUT2D eigenvalue weighted by atomic mass is 9.92. The molecule has 1 heterocycles. The van der Waals surface area contributed by atoms with E-state index in [1.165, 1.54) is 205 Å². The van der Waals surface area contributed by atoms with Crippen LogP contribution in [0.3, 0.4) is 0 Å². The van der Waals surface area contributed by atoms with Crippen LogP contribution in [0.15, 0.2) is 12.4 Å². The van der Waals surface area contributed by atoms with E-state index in [2.05, 4.69) is 49.6 Å². The summed E-state index contributed by atoms with van der Waals surface area (Å²) >= 11 is 0. The summed E-state index contributed by atoms with van der Waals surface area (Å²) in [7, 11) is 0. The van der Waals surface area contributed by atoms with Crippen molar-refractivity contribution in [1.29, 1.82) is 0 Å². The third kappa shape index (κ3) is 21.8. The van der Waals surface area contributed by atoms with Gasteiger partial charge >= 0.3 is 0 Å². The number of hydrogen-bond donors (Lipinski definition) is 1. The summed E-state index contributed by atoms with van der Waals surface area (Å²) in [5.74, 6) is 2.24. The molecular formula is C40H79N2+. The molecule has 0 amide bonds. The largest absolute Gasteiger partial charge is 0.257 e. The maximum atomic E-state index is 3.73. The van der Waals surface area contributed by atoms with E-state index in [4.69, 9.17) is 0 Å². The second-order valence-electron chi connectivity index (χ2n) is 14.0. The summed E-state index contributed by atoms with van der Waals surface area (Å²) in [6, 6.07) is 0.621. The van der Waals surface area contributed by atoms with E-state index in [9.17, 15) is 0 Å². The number of imidazole rings is 1. The Morgan fingerprint density at radius 3 is 1.12 bits per heavy atom. The molecule has 0 fully saturated rings. The molecule has 0 saturated carbocycles. The Labute approximate surface area is 266 Å². The average Bonchev–Trinajstić information content (AvgIpc) is 3.49. The molecule has 1 rings (SSSR count). The van der Waals surface area contributed by atoms with Crippen molar-refractivity contribution >= 4 is 0 Å². The lowest BCUT2D eigenvalue weighted by molar-refractivity contribution is -0.727. The van der Waals surface area contributed by atoms with Crippen molar-refractivity contribution in [3.8, 4) is 0 Å². The second-order valence-corrected chi connectivity index (χ2v) is 14.0. The first-order valence-corrected chi connectivity index (χ1v) is 19.8. The molecule has 0 bridgehead atoms. The highest BCUT2D eigenvalue weighted by molar-refractivity contribution is 4.90. The van der Waals surface area contributed by atoms with Gasteiger partial charge in [0.15, 0.2) is 0 Å². The Bertz CT molecular complexity index is 650. The summed E-state index contributed by atoms with van der Waals surface area (Å²) < 4.78 is 2.62. The molecular weight excluding hydrogens is 508 g/mol. The molecule has 2 nitrogen and oxygen atoms in total. The Hall–Kier alpha value is -0.790. The summed E-state index contributed by atoms with van der Waals surface area (Å²) in [6.45, 7) is 9.40. The van der Waals surface area contributed by atoms with Crippen LogP contribution >= 0.6 is 0 Å². The van der Waals surface area contributed by atoms with Crippen LogP contribution in [-0.4, -0.2) is 4.98 Å². The predicted molar refractivity (Wildman–Crippen MR) is 189 cm³/mol. The van der Waals surface area contributed by atoms with E-state index in [1.807, 2.05) is 0 Å². The van der Waals surface area contributed by atoms with Gasteiger partial charge in [0.25, 0.3) is 5.82 Å². The molecule has 1 aromatic rings. The maximum Gasteiger partial charge on any atom is 0.257 e. The van der Waals surface area contributed by atoms with E-state index in [-0.39, 0.29) is 0 Å². The number of H-pyrrole nitrogens is 1. The van der Waals surface area contributed by atoms with Gasteiger partial charge in [0.2, 0.25) is 0 Å². The standard InChI is InChI=1S/C40H78N2/c1-5-8-11-14-16-17-18-19-20-21-22-23-24-26-29-32-35-39(34-31-28-25-15-12-9-6-2)40-41-36-37-42(40)38(4)33-30-27-13-10-7-3/h36-39H,5-35H2,1-4H3/p+1. The molecule has 0 aliphatic rings. The zero-order valence-electron chi connectivity index (χ0n) is 29.7. The van der Waals surface area contributed by atoms with Crippen LogP contribution in [-0.2, 0) is 0 Å². The Kier molecular flexibility index (Phi) is 28.3. The smallest absolute Gasteiger partial charge is 0.247 e. The lowest BCUT2D eigenvalue weighted by Crippen LogP contribution is -2.41. The van der Waals surface area contributed by atoms with E-state index < -0.39 is 0 Å². The van der Waals surface area contributed by atoms with Crippen LogP contribution in [0, 0.1) is 0 Å². The van der Waals surface area contributed by atoms with Gasteiger partial charge in [-0.2, -0.15) is 0 Å². The molecule has 1 aromatic heterocycles. The summed E-state index contributed by atoms with van der Waals surface area (Å²) in [5.41, 5.74) is 0. The van der Waals surface area contributed by atoms with Gasteiger partial charge in [-0.25, -0.2) is 9.55 Å². The number of nitrogens with one attached hydrogen (secondary N) is 1. The first-order valence-electron chi connectivity index (χ1n) is 19.8. The van der Waals surface area contributed by atoms with Crippen LogP contribution in [0.5, 0.6) is 0 Å². The maximum absolute atomic E-state index is 3.73. The molecule has 1 N–H and O–H groups in total. The second kappa shape index (κ2) is 30.2. The summed E-state index contributed by atoms with van der Waals surface area (Å²) in [4.78, 5) is 3.73. The van der Waals surface area contributed by atoms with Crippen molar-refractivity contribution in [3.63, 3.8) is 0 Å². The van der Waals surface area contributed by atoms with Crippen molar-refractivity contribution in [1.82, 2.24) is 4.98 Å². The fraction of sp³-hybridized carbons (Fsp3) is 0.925. The van der Waals surface area contributed by atoms with Crippen molar-refractivity contribution in [3.05, 3.63) is 18.2 Å². The Morgan fingerprint density at radius 2 is 0.762 bits per heavy atom. The monoisotopic (exact) mass is 588 g/mol. The van der Waals surface area contributed by atoms with Gasteiger partial charge in [0, 0.05) is 0 Å². The SMILES string of the molecule is CCCCCCCCCCCCCCCCCCC(CCCCCCCCC)c1[nH]cc[n+]1C(C)CCCCCCC. The minimum absolute atomic E-state index is 0.621. The molecule has 0 aliphatic carbocycles. The lowest BCUT2D eigenvalue weighted by Gasteiger charge is -2.17. The predicted octanol–water partition coefficient (Wildman–Crippen LogP) is 14.1. The van der Waals surface area contributed by atoms with Gasteiger partial charge in [-0.1, -0.05) is 194 Å². The number of aromatic nitrogens is 2. The van der Waals surface area contributed by atoms with Gasteiger partial charge in [-0.3, -0.25) is 0 Å². The zero-order chi connectivity index (χ0) is 30.4. The molecule has 2 atom stereocenters. The first-order chi connectivity index (χ1) is 20.7. The number of unbranched alkanes of at least 4 members (excludes halogenated alkanes) is 25. The first kappa shape index (κ1) is 39.2.